The monoisotopic (exact) mass is 756 g/mol. The predicted molar refractivity (Wildman–Crippen MR) is 219 cm³/mol. The average Bonchev–Trinajstić information content (AvgIpc) is 3.16. The van der Waals surface area contributed by atoms with Gasteiger partial charge in [-0.05, 0) is 98.4 Å². The number of carboxylic acids is 1. The van der Waals surface area contributed by atoms with Crippen molar-refractivity contribution >= 4 is 5.97 Å². The third-order valence-corrected chi connectivity index (χ3v) is 11.0. The van der Waals surface area contributed by atoms with Crippen LogP contribution < -0.4 is 10.6 Å². The molecule has 55 heavy (non-hydrogen) atoms. The van der Waals surface area contributed by atoms with Gasteiger partial charge in [0.15, 0.2) is 0 Å². The molecule has 9 nitrogen and oxygen atoms in total. The standard InChI is InChI=1S/C46H64N2O7/c1-3-5-6-15-39(50)27-23-36-21-19-34-11-7-8-12-35(34)20-22-37-13-10-29-46(55,31-33-17-25-40(51)26-18-33)45(37)48-43(42(36)30-41(52)32-49)16-9-14-38(47-4-2)24-28-44(53)54/h7-8,10-13,17-18,23,25-27,37-39,41,43,45,47-52,55H,3-6,9,14-16,19,21,24,28-32H2,1-2H3,(H,53,54). The summed E-state index contributed by atoms with van der Waals surface area (Å²) in [4.78, 5) is 11.5. The number of benzene rings is 2. The zero-order valence-electron chi connectivity index (χ0n) is 32.8. The van der Waals surface area contributed by atoms with Crippen molar-refractivity contribution in [3.05, 3.63) is 101 Å². The SMILES string of the molecule is CCCCCC(O)C=CC1=C(CC(O)CO)C(CCCC(CCC(=O)O)NCC)NC2C(C#Cc3ccccc3CC1)C=CCC2(O)Cc1ccc(O)cc1. The number of aliphatic carboxylic acids is 1. The zero-order valence-corrected chi connectivity index (χ0v) is 32.8. The number of allylic oxidation sites excluding steroid dienone is 2. The molecule has 9 heteroatoms. The first kappa shape index (κ1) is 44.0. The van der Waals surface area contributed by atoms with Crippen molar-refractivity contribution in [1.82, 2.24) is 10.6 Å². The lowest BCUT2D eigenvalue weighted by atomic mass is 9.73. The van der Waals surface area contributed by atoms with Crippen molar-refractivity contribution in [3.8, 4) is 17.6 Å². The van der Waals surface area contributed by atoms with Crippen LogP contribution in [0.3, 0.4) is 0 Å². The summed E-state index contributed by atoms with van der Waals surface area (Å²) in [6, 6.07) is 14.1. The number of carboxylic acid groups (broad SMARTS) is 1. The lowest BCUT2D eigenvalue weighted by Gasteiger charge is -2.44. The van der Waals surface area contributed by atoms with E-state index in [2.05, 4.69) is 41.5 Å². The molecule has 4 rings (SSSR count). The molecule has 0 spiro atoms. The molecule has 0 saturated heterocycles. The van der Waals surface area contributed by atoms with E-state index in [1.165, 1.54) is 0 Å². The van der Waals surface area contributed by atoms with E-state index in [1.54, 1.807) is 12.1 Å². The van der Waals surface area contributed by atoms with Gasteiger partial charge in [0.05, 0.1) is 36.4 Å². The number of aliphatic hydroxyl groups is 4. The van der Waals surface area contributed by atoms with Gasteiger partial charge in [-0.25, -0.2) is 0 Å². The summed E-state index contributed by atoms with van der Waals surface area (Å²) in [5.41, 5.74) is 3.47. The average molecular weight is 757 g/mol. The summed E-state index contributed by atoms with van der Waals surface area (Å²) >= 11 is 0. The second-order valence-electron chi connectivity index (χ2n) is 15.4. The molecule has 0 radical (unpaired) electrons. The van der Waals surface area contributed by atoms with E-state index < -0.39 is 36.4 Å². The van der Waals surface area contributed by atoms with Gasteiger partial charge in [0.2, 0.25) is 0 Å². The van der Waals surface area contributed by atoms with Crippen LogP contribution in [0.1, 0.15) is 108 Å². The number of hydrogen-bond donors (Lipinski definition) is 8. The Hall–Kier alpha value is -3.75. The Kier molecular flexibility index (Phi) is 18.2. The Bertz CT molecular complexity index is 1640. The second-order valence-corrected chi connectivity index (χ2v) is 15.4. The maximum Gasteiger partial charge on any atom is 0.303 e. The van der Waals surface area contributed by atoms with Crippen LogP contribution in [0.25, 0.3) is 0 Å². The van der Waals surface area contributed by atoms with Crippen LogP contribution in [-0.2, 0) is 17.6 Å². The molecule has 2 aromatic rings. The fourth-order valence-electron chi connectivity index (χ4n) is 7.99. The van der Waals surface area contributed by atoms with E-state index in [0.29, 0.717) is 44.9 Å². The minimum absolute atomic E-state index is 0.0135. The topological polar surface area (TPSA) is 163 Å². The Balaban J connectivity index is 1.86. The summed E-state index contributed by atoms with van der Waals surface area (Å²) < 4.78 is 0. The maximum absolute atomic E-state index is 12.7. The number of nitrogens with one attached hydrogen (secondary N) is 2. The van der Waals surface area contributed by atoms with Gasteiger partial charge in [-0.15, -0.1) is 0 Å². The van der Waals surface area contributed by atoms with E-state index in [9.17, 15) is 35.4 Å². The van der Waals surface area contributed by atoms with Crippen molar-refractivity contribution in [3.63, 3.8) is 0 Å². The van der Waals surface area contributed by atoms with E-state index in [-0.39, 0.29) is 36.6 Å². The second kappa shape index (κ2) is 22.7. The van der Waals surface area contributed by atoms with E-state index in [0.717, 1.165) is 66.5 Å². The van der Waals surface area contributed by atoms with Crippen LogP contribution in [0, 0.1) is 17.8 Å². The zero-order chi connectivity index (χ0) is 39.6. The molecule has 8 N–H and O–H groups in total. The molecule has 0 amide bonds. The van der Waals surface area contributed by atoms with E-state index in [1.807, 2.05) is 55.5 Å². The summed E-state index contributed by atoms with van der Waals surface area (Å²) in [6.07, 6.45) is 14.7. The van der Waals surface area contributed by atoms with Crippen LogP contribution >= 0.6 is 0 Å². The van der Waals surface area contributed by atoms with Gasteiger partial charge in [0, 0.05) is 30.5 Å². The number of aryl methyl sites for hydroxylation is 1. The first-order valence-electron chi connectivity index (χ1n) is 20.4. The number of fused-ring (bicyclic) bond motifs is 2. The molecular weight excluding hydrogens is 693 g/mol. The molecule has 0 fully saturated rings. The highest BCUT2D eigenvalue weighted by Crippen LogP contribution is 2.35. The van der Waals surface area contributed by atoms with Gasteiger partial charge >= 0.3 is 5.97 Å². The lowest BCUT2D eigenvalue weighted by molar-refractivity contribution is -0.137. The molecular formula is C46H64N2O7. The number of hydrogen-bond acceptors (Lipinski definition) is 8. The minimum atomic E-state index is -1.27. The Morgan fingerprint density at radius 3 is 2.55 bits per heavy atom. The molecule has 1 aliphatic heterocycles. The number of aliphatic hydroxyl groups excluding tert-OH is 3. The highest BCUT2D eigenvalue weighted by molar-refractivity contribution is 5.66. The molecule has 7 atom stereocenters. The predicted octanol–water partition coefficient (Wildman–Crippen LogP) is 6.12. The first-order valence-corrected chi connectivity index (χ1v) is 20.4. The summed E-state index contributed by atoms with van der Waals surface area (Å²) in [7, 11) is 0. The smallest absolute Gasteiger partial charge is 0.303 e. The number of rotatable bonds is 20. The molecule has 0 aromatic heterocycles. The summed E-state index contributed by atoms with van der Waals surface area (Å²) in [6.45, 7) is 4.45. The van der Waals surface area contributed by atoms with E-state index >= 15 is 0 Å². The van der Waals surface area contributed by atoms with Gasteiger partial charge in [0.1, 0.15) is 5.75 Å². The van der Waals surface area contributed by atoms with Crippen molar-refractivity contribution < 1.29 is 35.4 Å². The maximum atomic E-state index is 12.7. The number of phenols is 1. The summed E-state index contributed by atoms with van der Waals surface area (Å²) in [5, 5.41) is 71.8. The van der Waals surface area contributed by atoms with Gasteiger partial charge < -0.3 is 41.3 Å². The fourth-order valence-corrected chi connectivity index (χ4v) is 7.99. The fraction of sp³-hybridized carbons (Fsp3) is 0.543. The van der Waals surface area contributed by atoms with E-state index in [4.69, 9.17) is 0 Å². The lowest BCUT2D eigenvalue weighted by Crippen LogP contribution is -2.59. The molecule has 7 unspecified atom stereocenters. The first-order chi connectivity index (χ1) is 26.5. The van der Waals surface area contributed by atoms with Crippen LogP contribution in [0.2, 0.25) is 0 Å². The van der Waals surface area contributed by atoms with Crippen LogP contribution in [-0.4, -0.2) is 85.7 Å². The normalized spacial score (nSPS) is 23.1. The van der Waals surface area contributed by atoms with Gasteiger partial charge in [-0.1, -0.05) is 106 Å². The number of phenolic OH excluding ortho intramolecular Hbond substituents is 1. The molecule has 1 aliphatic carbocycles. The molecule has 1 heterocycles. The molecule has 2 aromatic carbocycles. The number of unbranched alkanes of at least 4 members (excludes halogenated alkanes) is 2. The number of carbonyl (C=O) groups is 1. The molecule has 0 bridgehead atoms. The quantitative estimate of drug-likeness (QED) is 0.0452. The van der Waals surface area contributed by atoms with Gasteiger partial charge in [0.25, 0.3) is 0 Å². The van der Waals surface area contributed by atoms with Crippen molar-refractivity contribution in [1.29, 1.82) is 0 Å². The molecule has 2 aliphatic rings. The highest BCUT2D eigenvalue weighted by Gasteiger charge is 2.43. The molecule has 0 saturated carbocycles. The Labute approximate surface area is 328 Å². The third-order valence-electron chi connectivity index (χ3n) is 11.0. The van der Waals surface area contributed by atoms with Crippen LogP contribution in [0.15, 0.2) is 84.0 Å². The summed E-state index contributed by atoms with van der Waals surface area (Å²) in [5.74, 6) is 5.92. The Morgan fingerprint density at radius 1 is 1.04 bits per heavy atom. The molecule has 300 valence electrons. The highest BCUT2D eigenvalue weighted by atomic mass is 16.4. The van der Waals surface area contributed by atoms with Crippen LogP contribution in [0.5, 0.6) is 5.75 Å². The minimum Gasteiger partial charge on any atom is -0.508 e. The van der Waals surface area contributed by atoms with Gasteiger partial charge in [-0.2, -0.15) is 0 Å². The van der Waals surface area contributed by atoms with Crippen LogP contribution in [0.4, 0.5) is 0 Å². The number of aromatic hydroxyl groups is 1. The largest absolute Gasteiger partial charge is 0.508 e. The Morgan fingerprint density at radius 2 is 1.82 bits per heavy atom. The van der Waals surface area contributed by atoms with Gasteiger partial charge in [-0.3, -0.25) is 4.79 Å². The van der Waals surface area contributed by atoms with Crippen molar-refractivity contribution in [2.75, 3.05) is 13.2 Å². The van der Waals surface area contributed by atoms with Crippen molar-refractivity contribution in [2.45, 2.75) is 140 Å². The van der Waals surface area contributed by atoms with Crippen molar-refractivity contribution in [2.24, 2.45) is 5.92 Å². The third kappa shape index (κ3) is 14.0.